The van der Waals surface area contributed by atoms with Crippen molar-refractivity contribution in [3.63, 3.8) is 0 Å². The molecule has 1 heterocycles. The van der Waals surface area contributed by atoms with Gasteiger partial charge in [-0.25, -0.2) is 4.79 Å². The van der Waals surface area contributed by atoms with Gasteiger partial charge in [0.2, 0.25) is 0 Å². The van der Waals surface area contributed by atoms with Crippen LogP contribution in [-0.2, 0) is 0 Å². The summed E-state index contributed by atoms with van der Waals surface area (Å²) in [4.78, 5) is 17.8. The molecule has 0 N–H and O–H groups in total. The summed E-state index contributed by atoms with van der Waals surface area (Å²) >= 11 is 7.73. The molecule has 0 saturated heterocycles. The summed E-state index contributed by atoms with van der Waals surface area (Å²) in [5.41, 5.74) is 1.72. The average molecular weight is 442 g/mol. The zero-order valence-corrected chi connectivity index (χ0v) is 17.9. The maximum absolute atomic E-state index is 12.7. The summed E-state index contributed by atoms with van der Waals surface area (Å²) in [6.07, 6.45) is 1.77. The van der Waals surface area contributed by atoms with E-state index in [1.165, 1.54) is 11.3 Å². The fourth-order valence-electron chi connectivity index (χ4n) is 3.42. The van der Waals surface area contributed by atoms with E-state index in [0.29, 0.717) is 15.6 Å². The summed E-state index contributed by atoms with van der Waals surface area (Å²) in [6.45, 7) is 0. The third-order valence-electron chi connectivity index (χ3n) is 4.91. The minimum absolute atomic E-state index is 0.401. The number of thiophene rings is 1. The van der Waals surface area contributed by atoms with Crippen molar-refractivity contribution in [3.8, 4) is 5.75 Å². The maximum Gasteiger partial charge on any atom is 0.355 e. The minimum atomic E-state index is -0.464. The number of hydrogen-bond donors (Lipinski definition) is 0. The second kappa shape index (κ2) is 8.34. The molecule has 0 saturated carbocycles. The summed E-state index contributed by atoms with van der Waals surface area (Å²) in [5, 5.41) is 3.51. The van der Waals surface area contributed by atoms with Crippen molar-refractivity contribution in [2.45, 2.75) is 0 Å². The molecule has 31 heavy (non-hydrogen) atoms. The molecular weight excluding hydrogens is 426 g/mol. The van der Waals surface area contributed by atoms with Crippen LogP contribution in [-0.4, -0.2) is 12.2 Å². The molecule has 3 nitrogen and oxygen atoms in total. The van der Waals surface area contributed by atoms with Crippen molar-refractivity contribution in [3.05, 3.63) is 106 Å². The molecule has 5 heteroatoms. The molecule has 0 aliphatic rings. The van der Waals surface area contributed by atoms with Crippen LogP contribution in [0.5, 0.6) is 5.75 Å². The highest BCUT2D eigenvalue weighted by Crippen LogP contribution is 2.35. The Morgan fingerprint density at radius 1 is 0.871 bits per heavy atom. The number of carbonyl (C=O) groups excluding carboxylic acids is 1. The Morgan fingerprint density at radius 3 is 2.48 bits per heavy atom. The first kappa shape index (κ1) is 19.5. The van der Waals surface area contributed by atoms with Gasteiger partial charge in [0.15, 0.2) is 0 Å². The smallest absolute Gasteiger partial charge is 0.355 e. The van der Waals surface area contributed by atoms with Crippen LogP contribution in [0.4, 0.5) is 5.69 Å². The molecule has 5 aromatic rings. The van der Waals surface area contributed by atoms with Gasteiger partial charge in [-0.2, -0.15) is 0 Å². The van der Waals surface area contributed by atoms with Crippen molar-refractivity contribution in [1.29, 1.82) is 0 Å². The lowest BCUT2D eigenvalue weighted by atomic mass is 10.1. The maximum atomic E-state index is 12.7. The molecule has 0 amide bonds. The number of carbonyl (C=O) groups is 1. The Hall–Kier alpha value is -3.47. The van der Waals surface area contributed by atoms with Crippen LogP contribution in [0.3, 0.4) is 0 Å². The predicted octanol–water partition coefficient (Wildman–Crippen LogP) is 7.68. The van der Waals surface area contributed by atoms with E-state index < -0.39 is 5.97 Å². The second-order valence-corrected chi connectivity index (χ2v) is 8.39. The highest BCUT2D eigenvalue weighted by atomic mass is 35.5. The summed E-state index contributed by atoms with van der Waals surface area (Å²) in [5.74, 6) is -0.0188. The van der Waals surface area contributed by atoms with Crippen LogP contribution in [0.2, 0.25) is 5.02 Å². The van der Waals surface area contributed by atoms with Gasteiger partial charge in [-0.3, -0.25) is 4.99 Å². The van der Waals surface area contributed by atoms with Gasteiger partial charge < -0.3 is 4.74 Å². The lowest BCUT2D eigenvalue weighted by molar-refractivity contribution is 0.0740. The number of halogens is 1. The van der Waals surface area contributed by atoms with Gasteiger partial charge in [-0.15, -0.1) is 11.3 Å². The molecule has 4 aromatic carbocycles. The number of nitrogens with zero attached hydrogens (tertiary/aromatic N) is 1. The van der Waals surface area contributed by atoms with Gasteiger partial charge in [0, 0.05) is 21.7 Å². The second-order valence-electron chi connectivity index (χ2n) is 6.96. The predicted molar refractivity (Wildman–Crippen MR) is 129 cm³/mol. The molecule has 0 fully saturated rings. The molecule has 0 atom stereocenters. The minimum Gasteiger partial charge on any atom is -0.422 e. The van der Waals surface area contributed by atoms with E-state index in [0.717, 1.165) is 32.1 Å². The Morgan fingerprint density at radius 2 is 1.61 bits per heavy atom. The lowest BCUT2D eigenvalue weighted by Crippen LogP contribution is -2.07. The Balaban J connectivity index is 1.39. The first-order chi connectivity index (χ1) is 15.2. The fraction of sp³-hybridized carbons (Fsp3) is 0. The third-order valence-corrected chi connectivity index (χ3v) is 6.56. The quantitative estimate of drug-likeness (QED) is 0.163. The van der Waals surface area contributed by atoms with Crippen LogP contribution in [0, 0.1) is 0 Å². The molecular formula is C26H16ClNO2S. The largest absolute Gasteiger partial charge is 0.422 e. The molecule has 0 aliphatic carbocycles. The summed E-state index contributed by atoms with van der Waals surface area (Å²) in [7, 11) is 0. The SMILES string of the molecule is O=C(Oc1cccc(C=Nc2cccc3ccccc23)c1)c1sc2ccccc2c1Cl. The lowest BCUT2D eigenvalue weighted by Gasteiger charge is -2.04. The van der Waals surface area contributed by atoms with Crippen molar-refractivity contribution < 1.29 is 9.53 Å². The Bertz CT molecular complexity index is 1450. The van der Waals surface area contributed by atoms with E-state index in [9.17, 15) is 4.79 Å². The van der Waals surface area contributed by atoms with E-state index >= 15 is 0 Å². The van der Waals surface area contributed by atoms with E-state index in [4.69, 9.17) is 16.3 Å². The summed E-state index contributed by atoms with van der Waals surface area (Å²) < 4.78 is 6.55. The van der Waals surface area contributed by atoms with Crippen LogP contribution in [0.15, 0.2) is 96.0 Å². The van der Waals surface area contributed by atoms with Gasteiger partial charge in [-0.05, 0) is 35.2 Å². The van der Waals surface area contributed by atoms with Crippen LogP contribution >= 0.6 is 22.9 Å². The zero-order chi connectivity index (χ0) is 21.2. The molecule has 0 bridgehead atoms. The number of ether oxygens (including phenoxy) is 1. The van der Waals surface area contributed by atoms with Gasteiger partial charge in [0.1, 0.15) is 10.6 Å². The van der Waals surface area contributed by atoms with Crippen molar-refractivity contribution >= 4 is 61.7 Å². The van der Waals surface area contributed by atoms with Gasteiger partial charge in [0.05, 0.1) is 10.7 Å². The number of hydrogen-bond acceptors (Lipinski definition) is 4. The third kappa shape index (κ3) is 3.96. The van der Waals surface area contributed by atoms with Crippen molar-refractivity contribution in [1.82, 2.24) is 0 Å². The fourth-order valence-corrected chi connectivity index (χ4v) is 4.81. The van der Waals surface area contributed by atoms with Crippen molar-refractivity contribution in [2.24, 2.45) is 4.99 Å². The number of rotatable bonds is 4. The molecule has 0 unspecified atom stereocenters. The van der Waals surface area contributed by atoms with E-state index in [1.54, 1.807) is 18.3 Å². The molecule has 5 rings (SSSR count). The Kier molecular flexibility index (Phi) is 5.24. The van der Waals surface area contributed by atoms with E-state index in [-0.39, 0.29) is 0 Å². The summed E-state index contributed by atoms with van der Waals surface area (Å²) in [6, 6.07) is 29.1. The normalized spacial score (nSPS) is 11.4. The van der Waals surface area contributed by atoms with Crippen LogP contribution in [0.25, 0.3) is 20.9 Å². The topological polar surface area (TPSA) is 38.7 Å². The first-order valence-electron chi connectivity index (χ1n) is 9.70. The number of esters is 1. The number of aliphatic imine (C=N–C) groups is 1. The molecule has 1 aromatic heterocycles. The first-order valence-corrected chi connectivity index (χ1v) is 10.9. The Labute approximate surface area is 188 Å². The average Bonchev–Trinajstić information content (AvgIpc) is 3.15. The van der Waals surface area contributed by atoms with Gasteiger partial charge in [0.25, 0.3) is 0 Å². The van der Waals surface area contributed by atoms with E-state index in [1.807, 2.05) is 60.7 Å². The standard InChI is InChI=1S/C26H16ClNO2S/c27-24-21-12-3-4-14-23(21)31-25(24)26(29)30-19-10-5-7-17(15-19)16-28-22-13-6-9-18-8-1-2-11-20(18)22/h1-16H. The monoisotopic (exact) mass is 441 g/mol. The number of fused-ring (bicyclic) bond motifs is 2. The van der Waals surface area contributed by atoms with Gasteiger partial charge >= 0.3 is 5.97 Å². The van der Waals surface area contributed by atoms with Crippen molar-refractivity contribution in [2.75, 3.05) is 0 Å². The van der Waals surface area contributed by atoms with Crippen LogP contribution < -0.4 is 4.74 Å². The highest BCUT2D eigenvalue weighted by molar-refractivity contribution is 7.21. The van der Waals surface area contributed by atoms with Crippen LogP contribution in [0.1, 0.15) is 15.2 Å². The zero-order valence-electron chi connectivity index (χ0n) is 16.3. The number of benzene rings is 4. The molecule has 0 radical (unpaired) electrons. The van der Waals surface area contributed by atoms with E-state index in [2.05, 4.69) is 23.2 Å². The van der Waals surface area contributed by atoms with Gasteiger partial charge in [-0.1, -0.05) is 78.3 Å². The molecule has 0 spiro atoms. The highest BCUT2D eigenvalue weighted by Gasteiger charge is 2.19. The molecule has 0 aliphatic heterocycles. The molecule has 150 valence electrons.